The van der Waals surface area contributed by atoms with Gasteiger partial charge in [-0.2, -0.15) is 0 Å². The molecule has 8 heteroatoms. The molecule has 0 fully saturated rings. The third kappa shape index (κ3) is 4.12. The predicted octanol–water partition coefficient (Wildman–Crippen LogP) is 5.53. The minimum atomic E-state index is -0.748. The molecule has 3 rings (SSSR count). The molecule has 132 valence electrons. The van der Waals surface area contributed by atoms with E-state index in [0.29, 0.717) is 0 Å². The van der Waals surface area contributed by atoms with E-state index < -0.39 is 23.4 Å². The van der Waals surface area contributed by atoms with Crippen LogP contribution in [0.25, 0.3) is 17.3 Å². The Bertz CT molecular complexity index is 984. The maximum Gasteiger partial charge on any atom is 0.250 e. The Morgan fingerprint density at radius 3 is 2.69 bits per heavy atom. The molecule has 1 amide bonds. The number of nitrogens with zero attached hydrogens (tertiary/aromatic N) is 1. The molecule has 3 aromatic rings. The smallest absolute Gasteiger partial charge is 0.250 e. The number of nitrogens with one attached hydrogen (secondary N) is 1. The van der Waals surface area contributed by atoms with Crippen molar-refractivity contribution < 1.29 is 18.0 Å². The molecule has 0 aliphatic rings. The van der Waals surface area contributed by atoms with Crippen LogP contribution in [0.5, 0.6) is 0 Å². The number of carbonyl (C=O) groups excluding carboxylic acids is 1. The summed E-state index contributed by atoms with van der Waals surface area (Å²) < 4.78 is 40.4. The standard InChI is InChI=1S/C18H10ClF3N2OS/c19-13-2-1-3-14(21)11(13)6-7-17(25)24-18-23-16(9-26-18)12-5-4-10(20)8-15(12)22/h1-9H,(H,23,24,25). The van der Waals surface area contributed by atoms with Gasteiger partial charge in [-0.15, -0.1) is 11.3 Å². The summed E-state index contributed by atoms with van der Waals surface area (Å²) >= 11 is 6.95. The van der Waals surface area contributed by atoms with Crippen LogP contribution >= 0.6 is 22.9 Å². The van der Waals surface area contributed by atoms with Crippen LogP contribution in [0.4, 0.5) is 18.3 Å². The Morgan fingerprint density at radius 2 is 1.96 bits per heavy atom. The SMILES string of the molecule is O=C(C=Cc1c(F)cccc1Cl)Nc1nc(-c2ccc(F)cc2F)cs1. The average molecular weight is 395 g/mol. The Labute approximate surface area is 155 Å². The molecule has 0 unspecified atom stereocenters. The summed E-state index contributed by atoms with van der Waals surface area (Å²) in [5, 5.41) is 4.42. The minimum Gasteiger partial charge on any atom is -0.298 e. The van der Waals surface area contributed by atoms with Crippen molar-refractivity contribution in [2.75, 3.05) is 5.32 Å². The van der Waals surface area contributed by atoms with Crippen LogP contribution in [0.15, 0.2) is 47.9 Å². The fraction of sp³-hybridized carbons (Fsp3) is 0. The van der Waals surface area contributed by atoms with Gasteiger partial charge in [-0.1, -0.05) is 17.7 Å². The molecule has 0 saturated carbocycles. The molecule has 0 aliphatic carbocycles. The van der Waals surface area contributed by atoms with Crippen molar-refractivity contribution in [3.8, 4) is 11.3 Å². The Hall–Kier alpha value is -2.64. The highest BCUT2D eigenvalue weighted by molar-refractivity contribution is 7.14. The molecular formula is C18H10ClF3N2OS. The zero-order valence-corrected chi connectivity index (χ0v) is 14.5. The molecule has 2 aromatic carbocycles. The predicted molar refractivity (Wildman–Crippen MR) is 96.5 cm³/mol. The van der Waals surface area contributed by atoms with Crippen molar-refractivity contribution in [3.63, 3.8) is 0 Å². The number of amides is 1. The van der Waals surface area contributed by atoms with Crippen LogP contribution in [0.1, 0.15) is 5.56 Å². The highest BCUT2D eigenvalue weighted by atomic mass is 35.5. The van der Waals surface area contributed by atoms with Crippen LogP contribution in [0.2, 0.25) is 5.02 Å². The van der Waals surface area contributed by atoms with E-state index in [4.69, 9.17) is 11.6 Å². The quantitative estimate of drug-likeness (QED) is 0.591. The number of hydrogen-bond donors (Lipinski definition) is 1. The van der Waals surface area contributed by atoms with E-state index in [1.165, 1.54) is 35.7 Å². The van der Waals surface area contributed by atoms with Crippen LogP contribution in [0, 0.1) is 17.5 Å². The summed E-state index contributed by atoms with van der Waals surface area (Å²) in [6.07, 6.45) is 2.37. The number of rotatable bonds is 4. The molecule has 0 bridgehead atoms. The van der Waals surface area contributed by atoms with Gasteiger partial charge in [0.1, 0.15) is 17.5 Å². The maximum absolute atomic E-state index is 13.8. The van der Waals surface area contributed by atoms with E-state index in [0.717, 1.165) is 29.5 Å². The molecule has 0 saturated heterocycles. The van der Waals surface area contributed by atoms with E-state index in [-0.39, 0.29) is 27.0 Å². The first-order valence-electron chi connectivity index (χ1n) is 7.28. The number of hydrogen-bond acceptors (Lipinski definition) is 3. The topological polar surface area (TPSA) is 42.0 Å². The second-order valence-corrected chi connectivity index (χ2v) is 6.39. The number of thiazole rings is 1. The number of anilines is 1. The molecule has 3 nitrogen and oxygen atoms in total. The van der Waals surface area contributed by atoms with Gasteiger partial charge in [0.2, 0.25) is 5.91 Å². The van der Waals surface area contributed by atoms with Gasteiger partial charge in [0.15, 0.2) is 5.13 Å². The first-order valence-corrected chi connectivity index (χ1v) is 8.54. The maximum atomic E-state index is 13.8. The van der Waals surface area contributed by atoms with Gasteiger partial charge in [0.25, 0.3) is 0 Å². The summed E-state index contributed by atoms with van der Waals surface area (Å²) in [5.41, 5.74) is 0.485. The van der Waals surface area contributed by atoms with E-state index in [1.54, 1.807) is 0 Å². The molecule has 1 aromatic heterocycles. The summed E-state index contributed by atoms with van der Waals surface area (Å²) in [5.74, 6) is -2.54. The van der Waals surface area contributed by atoms with Gasteiger partial charge < -0.3 is 0 Å². The lowest BCUT2D eigenvalue weighted by atomic mass is 10.1. The Kier molecular flexibility index (Phi) is 5.39. The molecule has 26 heavy (non-hydrogen) atoms. The van der Waals surface area contributed by atoms with Crippen molar-refractivity contribution in [2.24, 2.45) is 0 Å². The lowest BCUT2D eigenvalue weighted by molar-refractivity contribution is -0.111. The lowest BCUT2D eigenvalue weighted by Crippen LogP contribution is -2.07. The van der Waals surface area contributed by atoms with Gasteiger partial charge in [-0.05, 0) is 30.3 Å². The van der Waals surface area contributed by atoms with Gasteiger partial charge in [0, 0.05) is 28.6 Å². The Morgan fingerprint density at radius 1 is 1.15 bits per heavy atom. The van der Waals surface area contributed by atoms with Gasteiger partial charge in [-0.3, -0.25) is 10.1 Å². The minimum absolute atomic E-state index is 0.0949. The van der Waals surface area contributed by atoms with Crippen molar-refractivity contribution in [3.05, 3.63) is 75.9 Å². The zero-order chi connectivity index (χ0) is 18.7. The normalized spacial score (nSPS) is 11.1. The molecular weight excluding hydrogens is 385 g/mol. The first-order chi connectivity index (χ1) is 12.4. The summed E-state index contributed by atoms with van der Waals surface area (Å²) in [7, 11) is 0. The average Bonchev–Trinajstić information content (AvgIpc) is 3.02. The van der Waals surface area contributed by atoms with Crippen LogP contribution in [0.3, 0.4) is 0 Å². The zero-order valence-electron chi connectivity index (χ0n) is 13.0. The van der Waals surface area contributed by atoms with E-state index in [2.05, 4.69) is 10.3 Å². The molecule has 1 heterocycles. The van der Waals surface area contributed by atoms with Crippen molar-refractivity contribution >= 4 is 40.1 Å². The first kappa shape index (κ1) is 18.2. The summed E-state index contributed by atoms with van der Waals surface area (Å²) in [6.45, 7) is 0. The lowest BCUT2D eigenvalue weighted by Gasteiger charge is -2.00. The molecule has 1 N–H and O–H groups in total. The van der Waals surface area contributed by atoms with Crippen molar-refractivity contribution in [1.82, 2.24) is 4.98 Å². The van der Waals surface area contributed by atoms with Crippen LogP contribution < -0.4 is 5.32 Å². The molecule has 0 atom stereocenters. The van der Waals surface area contributed by atoms with Crippen LogP contribution in [-0.2, 0) is 4.79 Å². The number of carbonyl (C=O) groups is 1. The Balaban J connectivity index is 1.73. The fourth-order valence-electron chi connectivity index (χ4n) is 2.13. The second kappa shape index (κ2) is 7.72. The highest BCUT2D eigenvalue weighted by Gasteiger charge is 2.11. The third-order valence-electron chi connectivity index (χ3n) is 3.34. The summed E-state index contributed by atoms with van der Waals surface area (Å²) in [4.78, 5) is 16.0. The number of benzene rings is 2. The van der Waals surface area contributed by atoms with Gasteiger partial charge in [0.05, 0.1) is 10.7 Å². The van der Waals surface area contributed by atoms with E-state index in [1.807, 2.05) is 0 Å². The third-order valence-corrected chi connectivity index (χ3v) is 4.43. The van der Waals surface area contributed by atoms with Gasteiger partial charge >= 0.3 is 0 Å². The molecule has 0 spiro atoms. The number of halogens is 4. The molecule has 0 aliphatic heterocycles. The summed E-state index contributed by atoms with van der Waals surface area (Å²) in [6, 6.07) is 7.34. The largest absolute Gasteiger partial charge is 0.298 e. The monoisotopic (exact) mass is 394 g/mol. The van der Waals surface area contributed by atoms with Gasteiger partial charge in [-0.25, -0.2) is 18.2 Å². The fourth-order valence-corrected chi connectivity index (χ4v) is 3.07. The van der Waals surface area contributed by atoms with Crippen molar-refractivity contribution in [2.45, 2.75) is 0 Å². The van der Waals surface area contributed by atoms with E-state index >= 15 is 0 Å². The molecule has 0 radical (unpaired) electrons. The second-order valence-electron chi connectivity index (χ2n) is 5.12. The van der Waals surface area contributed by atoms with E-state index in [9.17, 15) is 18.0 Å². The van der Waals surface area contributed by atoms with Crippen molar-refractivity contribution in [1.29, 1.82) is 0 Å². The number of aromatic nitrogens is 1. The van der Waals surface area contributed by atoms with Crippen LogP contribution in [-0.4, -0.2) is 10.9 Å². The highest BCUT2D eigenvalue weighted by Crippen LogP contribution is 2.27.